The molecule has 58 heavy (non-hydrogen) atoms. The Morgan fingerprint density at radius 1 is 1.05 bits per heavy atom. The number of ketones is 1. The largest absolute Gasteiger partial charge is 0.458 e. The molecular formula is C44H65N3O11. The molecule has 3 unspecified atom stereocenters. The number of aliphatic hydroxyl groups is 1. The maximum Gasteiger partial charge on any atom is 0.411 e. The normalized spacial score (nSPS) is 41.9. The summed E-state index contributed by atoms with van der Waals surface area (Å²) in [5.74, 6) is -4.44. The molecule has 322 valence electrons. The van der Waals surface area contributed by atoms with Gasteiger partial charge in [-0.1, -0.05) is 58.0 Å². The van der Waals surface area contributed by atoms with E-state index < -0.39 is 89.6 Å². The van der Waals surface area contributed by atoms with E-state index in [1.165, 1.54) is 11.0 Å². The van der Waals surface area contributed by atoms with E-state index >= 15 is 0 Å². The zero-order valence-electron chi connectivity index (χ0n) is 35.8. The van der Waals surface area contributed by atoms with E-state index in [1.807, 2.05) is 83.9 Å². The molecular weight excluding hydrogens is 746 g/mol. The molecule has 5 aliphatic rings. The lowest BCUT2D eigenvalue weighted by molar-refractivity contribution is -0.302. The van der Waals surface area contributed by atoms with Crippen LogP contribution in [0.25, 0.3) is 0 Å². The van der Waals surface area contributed by atoms with Crippen LogP contribution in [0.3, 0.4) is 0 Å². The standard InChI is InChI=1S/C44H65N3O11/c1-11-33-44(8)38-26(4)35(49)24(2)19-43(7)39(57-41-36(50)32(46(9)10)17-25(3)55-41)27(5)37(28(6)40(51)56-33)53-22-31(23-54-43)30(21-47(38)42(52)58-44)18-34(48)45-20-29-15-13-12-14-16-29/h12-16,18,24-28,31-33,36-39,41,50H,11,17,19-23H2,1-10H3,(H,45,48)/b30-18-/t24-,25-,26+,27+,28-,31?,32+,33-,36-,37+,38+,39-,41+,43?,44?/m1/s1. The van der Waals surface area contributed by atoms with E-state index in [2.05, 4.69) is 5.32 Å². The third kappa shape index (κ3) is 8.74. The van der Waals surface area contributed by atoms with E-state index in [-0.39, 0.29) is 56.6 Å². The molecule has 1 aromatic carbocycles. The number of hydrogen-bond acceptors (Lipinski definition) is 12. The number of carbonyl (C=O) groups excluding carboxylic acids is 4. The van der Waals surface area contributed by atoms with Crippen LogP contribution in [0.5, 0.6) is 0 Å². The number of amides is 2. The number of ether oxygens (including phenoxy) is 6. The van der Waals surface area contributed by atoms with Crippen molar-refractivity contribution in [3.63, 3.8) is 0 Å². The van der Waals surface area contributed by atoms with Crippen molar-refractivity contribution in [1.82, 2.24) is 15.1 Å². The Labute approximate surface area is 343 Å². The van der Waals surface area contributed by atoms with Gasteiger partial charge in [-0.2, -0.15) is 0 Å². The molecule has 0 spiro atoms. The van der Waals surface area contributed by atoms with Gasteiger partial charge in [0.2, 0.25) is 5.91 Å². The third-order valence-electron chi connectivity index (χ3n) is 13.5. The van der Waals surface area contributed by atoms with E-state index in [9.17, 15) is 24.3 Å². The fourth-order valence-corrected chi connectivity index (χ4v) is 10.3. The molecule has 0 aliphatic carbocycles. The molecule has 0 radical (unpaired) electrons. The van der Waals surface area contributed by atoms with Gasteiger partial charge in [-0.25, -0.2) is 4.79 Å². The van der Waals surface area contributed by atoms with Crippen LogP contribution in [-0.2, 0) is 49.3 Å². The zero-order chi connectivity index (χ0) is 42.3. The first-order valence-electron chi connectivity index (χ1n) is 21.0. The smallest absolute Gasteiger partial charge is 0.411 e. The maximum atomic E-state index is 14.8. The predicted molar refractivity (Wildman–Crippen MR) is 213 cm³/mol. The summed E-state index contributed by atoms with van der Waals surface area (Å²) in [4.78, 5) is 60.7. The average molecular weight is 812 g/mol. The molecule has 14 nitrogen and oxygen atoms in total. The maximum absolute atomic E-state index is 14.8. The molecule has 5 heterocycles. The van der Waals surface area contributed by atoms with Gasteiger partial charge >= 0.3 is 12.1 Å². The topological polar surface area (TPSA) is 162 Å². The number of benzene rings is 1. The number of likely N-dealkylation sites (N-methyl/N-ethyl adjacent to an activating group) is 1. The third-order valence-corrected chi connectivity index (χ3v) is 13.5. The molecule has 0 aromatic heterocycles. The lowest BCUT2D eigenvalue weighted by atomic mass is 9.72. The van der Waals surface area contributed by atoms with Crippen molar-refractivity contribution in [3.05, 3.63) is 47.5 Å². The second kappa shape index (κ2) is 17.7. The number of nitrogens with one attached hydrogen (secondary N) is 1. The van der Waals surface area contributed by atoms with Crippen molar-refractivity contribution in [1.29, 1.82) is 0 Å². The van der Waals surface area contributed by atoms with Crippen LogP contribution in [-0.4, -0.2) is 133 Å². The minimum atomic E-state index is -1.41. The molecule has 0 saturated carbocycles. The van der Waals surface area contributed by atoms with Crippen molar-refractivity contribution in [2.45, 2.75) is 141 Å². The first kappa shape index (κ1) is 44.2. The molecule has 5 fully saturated rings. The van der Waals surface area contributed by atoms with Gasteiger partial charge in [-0.3, -0.25) is 19.3 Å². The lowest BCUT2D eigenvalue weighted by Gasteiger charge is -2.48. The van der Waals surface area contributed by atoms with Gasteiger partial charge in [0, 0.05) is 48.9 Å². The predicted octanol–water partition coefficient (Wildman–Crippen LogP) is 4.26. The van der Waals surface area contributed by atoms with Crippen LogP contribution in [0, 0.1) is 29.6 Å². The van der Waals surface area contributed by atoms with Crippen molar-refractivity contribution in [2.75, 3.05) is 33.9 Å². The number of Topliss-reactive ketones (excluding diaryl/α,β-unsaturated/α-hetero) is 1. The highest BCUT2D eigenvalue weighted by Gasteiger charge is 2.61. The summed E-state index contributed by atoms with van der Waals surface area (Å²) in [6, 6.07) is 8.44. The van der Waals surface area contributed by atoms with E-state index in [0.29, 0.717) is 18.4 Å². The van der Waals surface area contributed by atoms with Gasteiger partial charge in [0.05, 0.1) is 49.1 Å². The SMILES string of the molecule is CC[C@H]1OC(=O)[C@H](C)[C@H]2OCC3COC(C)(C[C@@H](C)C(=O)[C@H](C)[C@@H]4N(C/C3=C/C(=O)NCc3ccccc3)C(=O)OC41C)[C@H](O[C@@H]1O[C@H](C)C[C@H](N(C)C)[C@H]1O)[C@H]2C. The lowest BCUT2D eigenvalue weighted by Crippen LogP contribution is -2.61. The Morgan fingerprint density at radius 3 is 2.43 bits per heavy atom. The minimum absolute atomic E-state index is 0.0239. The summed E-state index contributed by atoms with van der Waals surface area (Å²) in [5, 5.41) is 14.7. The zero-order valence-corrected chi connectivity index (χ0v) is 35.8. The highest BCUT2D eigenvalue weighted by Crippen LogP contribution is 2.46. The second-order valence-electron chi connectivity index (χ2n) is 18.1. The van der Waals surface area contributed by atoms with Crippen LogP contribution >= 0.6 is 0 Å². The van der Waals surface area contributed by atoms with E-state index in [0.717, 1.165) is 5.56 Å². The van der Waals surface area contributed by atoms with Crippen molar-refractivity contribution in [2.24, 2.45) is 29.6 Å². The van der Waals surface area contributed by atoms with Crippen molar-refractivity contribution in [3.8, 4) is 0 Å². The van der Waals surface area contributed by atoms with Gasteiger partial charge < -0.3 is 43.7 Å². The number of nitrogens with zero attached hydrogens (tertiary/aromatic N) is 2. The summed E-state index contributed by atoms with van der Waals surface area (Å²) in [6.07, 6.45) is -2.97. The first-order chi connectivity index (χ1) is 27.4. The second-order valence-corrected chi connectivity index (χ2v) is 18.1. The molecule has 5 aliphatic heterocycles. The average Bonchev–Trinajstić information content (AvgIpc) is 3.45. The summed E-state index contributed by atoms with van der Waals surface area (Å²) in [6.45, 7) is 15.1. The van der Waals surface area contributed by atoms with E-state index in [1.54, 1.807) is 20.8 Å². The first-order valence-corrected chi connectivity index (χ1v) is 21.0. The van der Waals surface area contributed by atoms with Crippen LogP contribution in [0.4, 0.5) is 4.79 Å². The molecule has 1 aromatic rings. The Balaban J connectivity index is 1.52. The fraction of sp³-hybridized carbons (Fsp3) is 0.727. The van der Waals surface area contributed by atoms with Crippen molar-refractivity contribution >= 4 is 23.8 Å². The molecule has 2 amide bonds. The van der Waals surface area contributed by atoms with Crippen LogP contribution in [0.2, 0.25) is 0 Å². The van der Waals surface area contributed by atoms with Crippen molar-refractivity contribution < 1.29 is 52.7 Å². The summed E-state index contributed by atoms with van der Waals surface area (Å²) >= 11 is 0. The van der Waals surface area contributed by atoms with Gasteiger partial charge in [0.25, 0.3) is 0 Å². The number of hydrogen-bond donors (Lipinski definition) is 2. The summed E-state index contributed by atoms with van der Waals surface area (Å²) in [7, 11) is 3.81. The number of aliphatic hydroxyl groups excluding tert-OH is 1. The summed E-state index contributed by atoms with van der Waals surface area (Å²) < 4.78 is 39.7. The van der Waals surface area contributed by atoms with Crippen LogP contribution < -0.4 is 5.32 Å². The Hall–Kier alpha value is -3.40. The Morgan fingerprint density at radius 2 is 1.76 bits per heavy atom. The summed E-state index contributed by atoms with van der Waals surface area (Å²) in [5.41, 5.74) is -1.16. The number of carbonyl (C=O) groups is 4. The molecule has 15 atom stereocenters. The Kier molecular flexibility index (Phi) is 13.5. The van der Waals surface area contributed by atoms with Gasteiger partial charge in [-0.05, 0) is 72.2 Å². The minimum Gasteiger partial charge on any atom is -0.458 e. The number of rotatable bonds is 7. The van der Waals surface area contributed by atoms with Crippen LogP contribution in [0.1, 0.15) is 80.2 Å². The highest BCUT2D eigenvalue weighted by molar-refractivity contribution is 5.89. The number of cyclic esters (lactones) is 1. The molecule has 6 bridgehead atoms. The van der Waals surface area contributed by atoms with Gasteiger partial charge in [-0.15, -0.1) is 0 Å². The van der Waals surface area contributed by atoms with E-state index in [4.69, 9.17) is 28.4 Å². The van der Waals surface area contributed by atoms with Gasteiger partial charge in [0.1, 0.15) is 18.0 Å². The van der Waals surface area contributed by atoms with Gasteiger partial charge in [0.15, 0.2) is 11.9 Å². The molecule has 14 heteroatoms. The Bertz CT molecular complexity index is 1690. The quantitative estimate of drug-likeness (QED) is 0.298. The number of esters is 1. The monoisotopic (exact) mass is 811 g/mol. The molecule has 2 N–H and O–H groups in total. The van der Waals surface area contributed by atoms with Crippen LogP contribution in [0.15, 0.2) is 42.0 Å². The molecule has 5 saturated heterocycles. The molecule has 6 rings (SSSR count). The number of fused-ring (bicyclic) bond motifs is 5. The highest BCUT2D eigenvalue weighted by atomic mass is 16.7. The fourth-order valence-electron chi connectivity index (χ4n) is 10.3.